The van der Waals surface area contributed by atoms with Crippen LogP contribution in [0.5, 0.6) is 0 Å². The third-order valence-corrected chi connectivity index (χ3v) is 2.74. The van der Waals surface area contributed by atoms with Gasteiger partial charge in [-0.15, -0.1) is 10.2 Å². The van der Waals surface area contributed by atoms with Crippen LogP contribution in [0.1, 0.15) is 18.7 Å². The molecule has 0 unspecified atom stereocenters. The average Bonchev–Trinajstić information content (AvgIpc) is 3.07. The molecule has 1 aliphatic carbocycles. The van der Waals surface area contributed by atoms with E-state index in [0.717, 1.165) is 24.6 Å². The number of aromatic nitrogens is 3. The van der Waals surface area contributed by atoms with Gasteiger partial charge in [0.1, 0.15) is 0 Å². The molecule has 1 saturated carbocycles. The molecule has 1 N–H and O–H groups in total. The molecule has 0 amide bonds. The molecule has 0 radical (unpaired) electrons. The van der Waals surface area contributed by atoms with E-state index in [9.17, 15) is 0 Å². The van der Waals surface area contributed by atoms with Crippen LogP contribution in [0.3, 0.4) is 0 Å². The van der Waals surface area contributed by atoms with E-state index in [4.69, 9.17) is 4.42 Å². The van der Waals surface area contributed by atoms with Crippen molar-refractivity contribution >= 4 is 0 Å². The van der Waals surface area contributed by atoms with Crippen LogP contribution in [0, 0.1) is 0 Å². The molecule has 0 aromatic carbocycles. The molecule has 5 heteroatoms. The zero-order valence-electron chi connectivity index (χ0n) is 9.47. The first-order valence-corrected chi connectivity index (χ1v) is 5.88. The van der Waals surface area contributed by atoms with Crippen molar-refractivity contribution in [2.24, 2.45) is 0 Å². The summed E-state index contributed by atoms with van der Waals surface area (Å²) in [4.78, 5) is 3.95. The Morgan fingerprint density at radius 1 is 1.24 bits per heavy atom. The van der Waals surface area contributed by atoms with Crippen molar-refractivity contribution in [3.8, 4) is 11.5 Å². The monoisotopic (exact) mass is 230 g/mol. The second kappa shape index (κ2) is 4.63. The highest BCUT2D eigenvalue weighted by Crippen LogP contribution is 2.19. The van der Waals surface area contributed by atoms with E-state index in [2.05, 4.69) is 20.5 Å². The first-order chi connectivity index (χ1) is 8.42. The Hall–Kier alpha value is -1.75. The summed E-state index contributed by atoms with van der Waals surface area (Å²) in [6.45, 7) is 0.905. The van der Waals surface area contributed by atoms with Crippen LogP contribution in [0.15, 0.2) is 28.9 Å². The average molecular weight is 230 g/mol. The van der Waals surface area contributed by atoms with E-state index >= 15 is 0 Å². The molecule has 3 rings (SSSR count). The van der Waals surface area contributed by atoms with Crippen molar-refractivity contribution in [2.45, 2.75) is 25.3 Å². The first-order valence-electron chi connectivity index (χ1n) is 5.88. The summed E-state index contributed by atoms with van der Waals surface area (Å²) in [6, 6.07) is 4.44. The maximum Gasteiger partial charge on any atom is 0.247 e. The fourth-order valence-electron chi connectivity index (χ4n) is 1.64. The first kappa shape index (κ1) is 10.4. The molecule has 0 saturated heterocycles. The molecule has 0 bridgehead atoms. The van der Waals surface area contributed by atoms with E-state index in [-0.39, 0.29) is 0 Å². The smallest absolute Gasteiger partial charge is 0.247 e. The molecule has 0 spiro atoms. The summed E-state index contributed by atoms with van der Waals surface area (Å²) in [5.74, 6) is 1.25. The number of hydrogen-bond donors (Lipinski definition) is 1. The van der Waals surface area contributed by atoms with Crippen LogP contribution in [0.2, 0.25) is 0 Å². The van der Waals surface area contributed by atoms with Gasteiger partial charge < -0.3 is 9.73 Å². The van der Waals surface area contributed by atoms with Crippen molar-refractivity contribution < 1.29 is 4.42 Å². The molecule has 2 heterocycles. The van der Waals surface area contributed by atoms with Gasteiger partial charge in [0.05, 0.1) is 0 Å². The van der Waals surface area contributed by atoms with Crippen LogP contribution in [-0.4, -0.2) is 27.8 Å². The Bertz CT molecular complexity index is 478. The van der Waals surface area contributed by atoms with Gasteiger partial charge in [0, 0.05) is 37.0 Å². The fourth-order valence-corrected chi connectivity index (χ4v) is 1.64. The van der Waals surface area contributed by atoms with E-state index in [0.29, 0.717) is 11.8 Å². The van der Waals surface area contributed by atoms with Crippen molar-refractivity contribution in [3.63, 3.8) is 0 Å². The summed E-state index contributed by atoms with van der Waals surface area (Å²) >= 11 is 0. The Morgan fingerprint density at radius 2 is 2.06 bits per heavy atom. The summed E-state index contributed by atoms with van der Waals surface area (Å²) in [7, 11) is 0. The van der Waals surface area contributed by atoms with Crippen molar-refractivity contribution in [3.05, 3.63) is 30.4 Å². The van der Waals surface area contributed by atoms with Gasteiger partial charge in [-0.2, -0.15) is 0 Å². The van der Waals surface area contributed by atoms with Gasteiger partial charge in [0.25, 0.3) is 0 Å². The standard InChI is InChI=1S/C12H14N4O/c1-2-10(1)14-8-5-11-15-16-12(17-11)9-3-6-13-7-4-9/h3-4,6-7,10,14H,1-2,5,8H2. The lowest BCUT2D eigenvalue weighted by molar-refractivity contribution is 0.494. The highest BCUT2D eigenvalue weighted by Gasteiger charge is 2.20. The maximum atomic E-state index is 5.58. The highest BCUT2D eigenvalue weighted by molar-refractivity contribution is 5.50. The number of pyridine rings is 1. The summed E-state index contributed by atoms with van der Waals surface area (Å²) in [5.41, 5.74) is 0.911. The predicted octanol–water partition coefficient (Wildman–Crippen LogP) is 1.43. The van der Waals surface area contributed by atoms with E-state index < -0.39 is 0 Å². The highest BCUT2D eigenvalue weighted by atomic mass is 16.4. The van der Waals surface area contributed by atoms with Gasteiger partial charge in [0.2, 0.25) is 11.8 Å². The zero-order valence-corrected chi connectivity index (χ0v) is 9.47. The minimum absolute atomic E-state index is 0.564. The lowest BCUT2D eigenvalue weighted by Gasteiger charge is -1.97. The Balaban J connectivity index is 1.61. The predicted molar refractivity (Wildman–Crippen MR) is 62.3 cm³/mol. The van der Waals surface area contributed by atoms with E-state index in [1.165, 1.54) is 12.8 Å². The minimum Gasteiger partial charge on any atom is -0.421 e. The number of nitrogens with zero attached hydrogens (tertiary/aromatic N) is 3. The summed E-state index contributed by atoms with van der Waals surface area (Å²) in [6.07, 6.45) is 6.81. The van der Waals surface area contributed by atoms with Gasteiger partial charge in [-0.1, -0.05) is 0 Å². The number of rotatable bonds is 5. The second-order valence-corrected chi connectivity index (χ2v) is 4.22. The minimum atomic E-state index is 0.564. The zero-order chi connectivity index (χ0) is 11.5. The third kappa shape index (κ3) is 2.68. The van der Waals surface area contributed by atoms with Crippen LogP contribution >= 0.6 is 0 Å². The third-order valence-electron chi connectivity index (χ3n) is 2.74. The van der Waals surface area contributed by atoms with Crippen LogP contribution in [-0.2, 0) is 6.42 Å². The van der Waals surface area contributed by atoms with E-state index in [1.54, 1.807) is 12.4 Å². The molecule has 17 heavy (non-hydrogen) atoms. The van der Waals surface area contributed by atoms with Gasteiger partial charge in [-0.05, 0) is 25.0 Å². The second-order valence-electron chi connectivity index (χ2n) is 4.22. The largest absolute Gasteiger partial charge is 0.421 e. The van der Waals surface area contributed by atoms with Gasteiger partial charge in [-0.3, -0.25) is 4.98 Å². The van der Waals surface area contributed by atoms with Crippen molar-refractivity contribution in [2.75, 3.05) is 6.54 Å². The molecular weight excluding hydrogens is 216 g/mol. The molecular formula is C12H14N4O. The molecule has 88 valence electrons. The Kier molecular flexibility index (Phi) is 2.83. The molecule has 1 fully saturated rings. The Morgan fingerprint density at radius 3 is 2.82 bits per heavy atom. The summed E-state index contributed by atoms with van der Waals surface area (Å²) in [5, 5.41) is 11.5. The molecule has 1 aliphatic rings. The van der Waals surface area contributed by atoms with Crippen LogP contribution in [0.25, 0.3) is 11.5 Å². The number of nitrogens with one attached hydrogen (secondary N) is 1. The van der Waals surface area contributed by atoms with Crippen LogP contribution in [0.4, 0.5) is 0 Å². The van der Waals surface area contributed by atoms with Gasteiger partial charge in [-0.25, -0.2) is 0 Å². The summed E-state index contributed by atoms with van der Waals surface area (Å²) < 4.78 is 5.58. The lowest BCUT2D eigenvalue weighted by Crippen LogP contribution is -2.19. The quantitative estimate of drug-likeness (QED) is 0.841. The topological polar surface area (TPSA) is 63.8 Å². The normalized spacial score (nSPS) is 15.1. The molecule has 0 atom stereocenters. The van der Waals surface area contributed by atoms with Crippen LogP contribution < -0.4 is 5.32 Å². The van der Waals surface area contributed by atoms with Gasteiger partial charge >= 0.3 is 0 Å². The van der Waals surface area contributed by atoms with Crippen molar-refractivity contribution in [1.29, 1.82) is 0 Å². The van der Waals surface area contributed by atoms with Crippen molar-refractivity contribution in [1.82, 2.24) is 20.5 Å². The maximum absolute atomic E-state index is 5.58. The molecule has 5 nitrogen and oxygen atoms in total. The van der Waals surface area contributed by atoms with Gasteiger partial charge in [0.15, 0.2) is 0 Å². The molecule has 0 aliphatic heterocycles. The number of hydrogen-bond acceptors (Lipinski definition) is 5. The Labute approximate surface area is 99.3 Å². The lowest BCUT2D eigenvalue weighted by atomic mass is 10.3. The van der Waals surface area contributed by atoms with E-state index in [1.807, 2.05) is 12.1 Å². The molecule has 2 aromatic rings. The fraction of sp³-hybridized carbons (Fsp3) is 0.417. The molecule has 2 aromatic heterocycles. The SMILES string of the molecule is c1cc(-c2nnc(CCNC3CC3)o2)ccn1.